The fraction of sp³-hybridized carbons (Fsp3) is 0.167. The van der Waals surface area contributed by atoms with Crippen molar-refractivity contribution in [3.63, 3.8) is 0 Å². The SMILES string of the molecule is COc1ccc(/C=C2\SC(=O)N(CCNC(=O)c3ccoc3)C2=O)cc1. The van der Waals surface area contributed by atoms with E-state index in [2.05, 4.69) is 5.32 Å². The van der Waals surface area contributed by atoms with E-state index in [1.165, 1.54) is 18.6 Å². The summed E-state index contributed by atoms with van der Waals surface area (Å²) in [6.07, 6.45) is 4.39. The minimum atomic E-state index is -0.367. The summed E-state index contributed by atoms with van der Waals surface area (Å²) in [5, 5.41) is 2.29. The zero-order valence-corrected chi connectivity index (χ0v) is 14.7. The summed E-state index contributed by atoms with van der Waals surface area (Å²) in [5.41, 5.74) is 1.18. The van der Waals surface area contributed by atoms with Gasteiger partial charge in [0.15, 0.2) is 0 Å². The van der Waals surface area contributed by atoms with Crippen LogP contribution in [0.1, 0.15) is 15.9 Å². The number of furan rings is 1. The Hall–Kier alpha value is -3.00. The highest BCUT2D eigenvalue weighted by Crippen LogP contribution is 2.32. The van der Waals surface area contributed by atoms with Crippen LogP contribution >= 0.6 is 11.8 Å². The summed E-state index contributed by atoms with van der Waals surface area (Å²) in [4.78, 5) is 37.8. The van der Waals surface area contributed by atoms with E-state index in [0.717, 1.165) is 22.2 Å². The number of nitrogens with zero attached hydrogens (tertiary/aromatic N) is 1. The number of hydrogen-bond acceptors (Lipinski definition) is 6. The van der Waals surface area contributed by atoms with Gasteiger partial charge in [0, 0.05) is 13.1 Å². The molecule has 3 rings (SSSR count). The average Bonchev–Trinajstić information content (AvgIpc) is 3.27. The number of rotatable bonds is 6. The molecule has 1 fully saturated rings. The predicted octanol–water partition coefficient (Wildman–Crippen LogP) is 2.75. The number of benzene rings is 1. The first kappa shape index (κ1) is 17.8. The quantitative estimate of drug-likeness (QED) is 0.785. The Morgan fingerprint density at radius 2 is 2.04 bits per heavy atom. The molecule has 2 heterocycles. The molecule has 0 radical (unpaired) electrons. The zero-order chi connectivity index (χ0) is 18.5. The van der Waals surface area contributed by atoms with Gasteiger partial charge >= 0.3 is 0 Å². The highest BCUT2D eigenvalue weighted by molar-refractivity contribution is 8.18. The third kappa shape index (κ3) is 3.97. The highest BCUT2D eigenvalue weighted by atomic mass is 32.2. The summed E-state index contributed by atoms with van der Waals surface area (Å²) in [6, 6.07) is 8.70. The van der Waals surface area contributed by atoms with Gasteiger partial charge in [0.25, 0.3) is 17.1 Å². The van der Waals surface area contributed by atoms with Crippen LogP contribution < -0.4 is 10.1 Å². The van der Waals surface area contributed by atoms with Crippen LogP contribution in [0.4, 0.5) is 4.79 Å². The molecular formula is C18H16N2O5S. The molecule has 0 saturated carbocycles. The highest BCUT2D eigenvalue weighted by Gasteiger charge is 2.34. The monoisotopic (exact) mass is 372 g/mol. The molecule has 1 aliphatic rings. The molecule has 1 aliphatic heterocycles. The van der Waals surface area contributed by atoms with Crippen molar-refractivity contribution in [1.29, 1.82) is 0 Å². The fourth-order valence-corrected chi connectivity index (χ4v) is 3.19. The first-order chi connectivity index (χ1) is 12.6. The summed E-state index contributed by atoms with van der Waals surface area (Å²) < 4.78 is 9.93. The van der Waals surface area contributed by atoms with Gasteiger partial charge in [-0.3, -0.25) is 19.3 Å². The second kappa shape index (κ2) is 7.92. The molecule has 1 saturated heterocycles. The Morgan fingerprint density at radius 1 is 1.27 bits per heavy atom. The molecule has 0 spiro atoms. The van der Waals surface area contributed by atoms with Crippen LogP contribution in [-0.4, -0.2) is 42.2 Å². The van der Waals surface area contributed by atoms with Gasteiger partial charge in [-0.15, -0.1) is 0 Å². The van der Waals surface area contributed by atoms with Crippen molar-refractivity contribution in [2.24, 2.45) is 0 Å². The molecular weight excluding hydrogens is 356 g/mol. The number of carbonyl (C=O) groups is 3. The van der Waals surface area contributed by atoms with Gasteiger partial charge in [-0.05, 0) is 41.6 Å². The molecule has 3 amide bonds. The number of ether oxygens (including phenoxy) is 1. The van der Waals surface area contributed by atoms with Crippen molar-refractivity contribution >= 4 is 34.9 Å². The first-order valence-electron chi connectivity index (χ1n) is 7.78. The molecule has 0 unspecified atom stereocenters. The average molecular weight is 372 g/mol. The first-order valence-corrected chi connectivity index (χ1v) is 8.60. The van der Waals surface area contributed by atoms with Gasteiger partial charge in [0.1, 0.15) is 12.0 Å². The van der Waals surface area contributed by atoms with E-state index in [1.807, 2.05) is 0 Å². The van der Waals surface area contributed by atoms with E-state index < -0.39 is 0 Å². The lowest BCUT2D eigenvalue weighted by Gasteiger charge is -2.12. The van der Waals surface area contributed by atoms with Crippen LogP contribution in [-0.2, 0) is 4.79 Å². The maximum atomic E-state index is 12.4. The number of amides is 3. The number of nitrogens with one attached hydrogen (secondary N) is 1. The maximum Gasteiger partial charge on any atom is 0.293 e. The fourth-order valence-electron chi connectivity index (χ4n) is 2.32. The number of imide groups is 1. The lowest BCUT2D eigenvalue weighted by atomic mass is 10.2. The van der Waals surface area contributed by atoms with Crippen molar-refractivity contribution in [1.82, 2.24) is 10.2 Å². The molecule has 0 aliphatic carbocycles. The Kier molecular flexibility index (Phi) is 5.43. The molecule has 2 aromatic rings. The van der Waals surface area contributed by atoms with E-state index >= 15 is 0 Å². The van der Waals surface area contributed by atoms with Gasteiger partial charge in [0.2, 0.25) is 0 Å². The van der Waals surface area contributed by atoms with Gasteiger partial charge in [-0.1, -0.05) is 12.1 Å². The molecule has 1 N–H and O–H groups in total. The number of thioether (sulfide) groups is 1. The van der Waals surface area contributed by atoms with Crippen LogP contribution in [0.25, 0.3) is 6.08 Å². The van der Waals surface area contributed by atoms with Gasteiger partial charge in [0.05, 0.1) is 23.8 Å². The number of hydrogen-bond donors (Lipinski definition) is 1. The zero-order valence-electron chi connectivity index (χ0n) is 13.9. The summed E-state index contributed by atoms with van der Waals surface area (Å²) in [7, 11) is 1.58. The second-order valence-electron chi connectivity index (χ2n) is 5.37. The van der Waals surface area contributed by atoms with Crippen LogP contribution in [0.5, 0.6) is 5.75 Å². The third-order valence-corrected chi connectivity index (χ3v) is 4.60. The Balaban J connectivity index is 1.59. The van der Waals surface area contributed by atoms with Crippen LogP contribution in [0.3, 0.4) is 0 Å². The standard InChI is InChI=1S/C18H16N2O5S/c1-24-14-4-2-12(3-5-14)10-15-17(22)20(18(23)26-15)8-7-19-16(21)13-6-9-25-11-13/h2-6,9-11H,7-8H2,1H3,(H,19,21)/b15-10-. The molecule has 134 valence electrons. The normalized spacial score (nSPS) is 15.6. The Labute approximate surface area is 154 Å². The second-order valence-corrected chi connectivity index (χ2v) is 6.37. The van der Waals surface area contributed by atoms with Crippen molar-refractivity contribution in [2.45, 2.75) is 0 Å². The summed E-state index contributed by atoms with van der Waals surface area (Å²) >= 11 is 0.883. The van der Waals surface area contributed by atoms with Crippen molar-refractivity contribution in [3.8, 4) is 5.75 Å². The van der Waals surface area contributed by atoms with E-state index in [-0.39, 0.29) is 30.1 Å². The largest absolute Gasteiger partial charge is 0.497 e. The van der Waals surface area contributed by atoms with Crippen LogP contribution in [0, 0.1) is 0 Å². The van der Waals surface area contributed by atoms with E-state index in [1.54, 1.807) is 37.5 Å². The molecule has 8 heteroatoms. The van der Waals surface area contributed by atoms with Gasteiger partial charge < -0.3 is 14.5 Å². The van der Waals surface area contributed by atoms with E-state index in [0.29, 0.717) is 16.2 Å². The van der Waals surface area contributed by atoms with Crippen molar-refractivity contribution < 1.29 is 23.5 Å². The molecule has 0 bridgehead atoms. The Bertz CT molecular complexity index is 843. The molecule has 0 atom stereocenters. The minimum Gasteiger partial charge on any atom is -0.497 e. The van der Waals surface area contributed by atoms with E-state index in [9.17, 15) is 14.4 Å². The van der Waals surface area contributed by atoms with E-state index in [4.69, 9.17) is 9.15 Å². The summed E-state index contributed by atoms with van der Waals surface area (Å²) in [5.74, 6) is 0.0245. The van der Waals surface area contributed by atoms with Crippen LogP contribution in [0.15, 0.2) is 52.2 Å². The smallest absolute Gasteiger partial charge is 0.293 e. The lowest BCUT2D eigenvalue weighted by molar-refractivity contribution is -0.122. The van der Waals surface area contributed by atoms with Crippen molar-refractivity contribution in [3.05, 3.63) is 58.9 Å². The molecule has 1 aromatic carbocycles. The van der Waals surface area contributed by atoms with Crippen LogP contribution in [0.2, 0.25) is 0 Å². The molecule has 26 heavy (non-hydrogen) atoms. The number of methoxy groups -OCH3 is 1. The Morgan fingerprint density at radius 3 is 2.69 bits per heavy atom. The minimum absolute atomic E-state index is 0.105. The third-order valence-electron chi connectivity index (χ3n) is 3.69. The predicted molar refractivity (Wildman–Crippen MR) is 96.7 cm³/mol. The lowest BCUT2D eigenvalue weighted by Crippen LogP contribution is -2.37. The number of carbonyl (C=O) groups excluding carboxylic acids is 3. The summed E-state index contributed by atoms with van der Waals surface area (Å²) in [6.45, 7) is 0.270. The van der Waals surface area contributed by atoms with Crippen molar-refractivity contribution in [2.75, 3.05) is 20.2 Å². The maximum absolute atomic E-state index is 12.4. The molecule has 7 nitrogen and oxygen atoms in total. The van der Waals surface area contributed by atoms with Gasteiger partial charge in [-0.2, -0.15) is 0 Å². The topological polar surface area (TPSA) is 88.8 Å². The molecule has 1 aromatic heterocycles. The van der Waals surface area contributed by atoms with Gasteiger partial charge in [-0.25, -0.2) is 0 Å².